The van der Waals surface area contributed by atoms with Crippen LogP contribution in [0.1, 0.15) is 37.2 Å². The molecule has 26 heavy (non-hydrogen) atoms. The summed E-state index contributed by atoms with van der Waals surface area (Å²) >= 11 is 0. The summed E-state index contributed by atoms with van der Waals surface area (Å²) in [6, 6.07) is 8.88. The first kappa shape index (κ1) is 17.8. The van der Waals surface area contributed by atoms with E-state index in [1.807, 2.05) is 17.0 Å². The van der Waals surface area contributed by atoms with E-state index in [0.717, 1.165) is 31.6 Å². The molecule has 7 heteroatoms. The lowest BCUT2D eigenvalue weighted by atomic mass is 9.99. The molecule has 0 unspecified atom stereocenters. The fourth-order valence-electron chi connectivity index (χ4n) is 2.92. The zero-order valence-corrected chi connectivity index (χ0v) is 15.0. The second kappa shape index (κ2) is 7.95. The minimum atomic E-state index is -0.137. The van der Waals surface area contributed by atoms with Crippen LogP contribution in [0.2, 0.25) is 0 Å². The molecule has 0 radical (unpaired) electrons. The van der Waals surface area contributed by atoms with E-state index < -0.39 is 0 Å². The van der Waals surface area contributed by atoms with Crippen LogP contribution in [0.25, 0.3) is 0 Å². The van der Waals surface area contributed by atoms with Crippen molar-refractivity contribution in [3.8, 4) is 0 Å². The van der Waals surface area contributed by atoms with Crippen molar-refractivity contribution in [1.82, 2.24) is 14.9 Å². The average molecular weight is 353 g/mol. The van der Waals surface area contributed by atoms with Gasteiger partial charge in [0.25, 0.3) is 5.91 Å². The Morgan fingerprint density at radius 2 is 1.88 bits per heavy atom. The SMILES string of the molecule is CC(=O)Nc1cccc(Nc2nccc(C(=O)N3CCC(C)CC3)n2)c1. The number of hydrogen-bond acceptors (Lipinski definition) is 5. The van der Waals surface area contributed by atoms with E-state index in [-0.39, 0.29) is 11.8 Å². The van der Waals surface area contributed by atoms with E-state index in [2.05, 4.69) is 27.5 Å². The van der Waals surface area contributed by atoms with Gasteiger partial charge >= 0.3 is 0 Å². The molecule has 1 saturated heterocycles. The van der Waals surface area contributed by atoms with E-state index in [4.69, 9.17) is 0 Å². The number of nitrogens with one attached hydrogen (secondary N) is 2. The van der Waals surface area contributed by atoms with Crippen LogP contribution in [-0.4, -0.2) is 39.8 Å². The van der Waals surface area contributed by atoms with Crippen molar-refractivity contribution >= 4 is 29.1 Å². The molecule has 2 heterocycles. The van der Waals surface area contributed by atoms with Crippen LogP contribution in [0.15, 0.2) is 36.5 Å². The van der Waals surface area contributed by atoms with Crippen molar-refractivity contribution in [2.75, 3.05) is 23.7 Å². The van der Waals surface area contributed by atoms with Crippen molar-refractivity contribution in [2.24, 2.45) is 5.92 Å². The molecule has 0 spiro atoms. The maximum absolute atomic E-state index is 12.6. The quantitative estimate of drug-likeness (QED) is 0.882. The summed E-state index contributed by atoms with van der Waals surface area (Å²) < 4.78 is 0. The number of rotatable bonds is 4. The molecule has 0 aliphatic carbocycles. The summed E-state index contributed by atoms with van der Waals surface area (Å²) in [7, 11) is 0. The topological polar surface area (TPSA) is 87.2 Å². The highest BCUT2D eigenvalue weighted by Gasteiger charge is 2.22. The molecule has 2 aromatic rings. The molecule has 1 aliphatic heterocycles. The van der Waals surface area contributed by atoms with Crippen LogP contribution in [-0.2, 0) is 4.79 Å². The number of nitrogens with zero attached hydrogens (tertiary/aromatic N) is 3. The lowest BCUT2D eigenvalue weighted by molar-refractivity contribution is -0.114. The molecule has 3 rings (SSSR count). The molecule has 1 fully saturated rings. The number of benzene rings is 1. The largest absolute Gasteiger partial charge is 0.337 e. The van der Waals surface area contributed by atoms with Crippen molar-refractivity contribution in [2.45, 2.75) is 26.7 Å². The van der Waals surface area contributed by atoms with Gasteiger partial charge in [0.2, 0.25) is 11.9 Å². The van der Waals surface area contributed by atoms with Crippen LogP contribution >= 0.6 is 0 Å². The van der Waals surface area contributed by atoms with Gasteiger partial charge in [0.15, 0.2) is 0 Å². The number of piperidine rings is 1. The van der Waals surface area contributed by atoms with Gasteiger partial charge in [0, 0.05) is 37.6 Å². The number of anilines is 3. The van der Waals surface area contributed by atoms with Crippen molar-refractivity contribution < 1.29 is 9.59 Å². The van der Waals surface area contributed by atoms with Gasteiger partial charge in [0.1, 0.15) is 5.69 Å². The van der Waals surface area contributed by atoms with Gasteiger partial charge in [-0.2, -0.15) is 0 Å². The van der Waals surface area contributed by atoms with Crippen molar-refractivity contribution in [3.05, 3.63) is 42.2 Å². The summed E-state index contributed by atoms with van der Waals surface area (Å²) in [6.07, 6.45) is 3.63. The number of aromatic nitrogens is 2. The minimum Gasteiger partial charge on any atom is -0.337 e. The molecular formula is C19H23N5O2. The van der Waals surface area contributed by atoms with Gasteiger partial charge in [0.05, 0.1) is 0 Å². The molecule has 2 N–H and O–H groups in total. The van der Waals surface area contributed by atoms with Gasteiger partial charge in [-0.3, -0.25) is 9.59 Å². The fourth-order valence-corrected chi connectivity index (χ4v) is 2.92. The second-order valence-electron chi connectivity index (χ2n) is 6.63. The highest BCUT2D eigenvalue weighted by molar-refractivity contribution is 5.92. The molecule has 1 aromatic carbocycles. The van der Waals surface area contributed by atoms with E-state index in [1.54, 1.807) is 24.4 Å². The van der Waals surface area contributed by atoms with Crippen LogP contribution in [0, 0.1) is 5.92 Å². The van der Waals surface area contributed by atoms with Crippen LogP contribution in [0.5, 0.6) is 0 Å². The Balaban J connectivity index is 1.71. The average Bonchev–Trinajstić information content (AvgIpc) is 2.62. The maximum atomic E-state index is 12.6. The zero-order chi connectivity index (χ0) is 18.5. The number of carbonyl (C=O) groups excluding carboxylic acids is 2. The van der Waals surface area contributed by atoms with Gasteiger partial charge in [-0.25, -0.2) is 9.97 Å². The Labute approximate surface area is 152 Å². The van der Waals surface area contributed by atoms with Crippen molar-refractivity contribution in [1.29, 1.82) is 0 Å². The smallest absolute Gasteiger partial charge is 0.272 e. The third-order valence-corrected chi connectivity index (χ3v) is 4.38. The summed E-state index contributed by atoms with van der Waals surface area (Å²) in [4.78, 5) is 34.2. The van der Waals surface area contributed by atoms with Crippen molar-refractivity contribution in [3.63, 3.8) is 0 Å². The summed E-state index contributed by atoms with van der Waals surface area (Å²) in [6.45, 7) is 5.21. The van der Waals surface area contributed by atoms with Crippen LogP contribution in [0.4, 0.5) is 17.3 Å². The molecule has 0 bridgehead atoms. The molecule has 136 valence electrons. The van der Waals surface area contributed by atoms with Crippen LogP contribution < -0.4 is 10.6 Å². The third-order valence-electron chi connectivity index (χ3n) is 4.38. The molecule has 0 saturated carbocycles. The van der Waals surface area contributed by atoms with Crippen LogP contribution in [0.3, 0.4) is 0 Å². The predicted octanol–water partition coefficient (Wildman–Crippen LogP) is 3.05. The zero-order valence-electron chi connectivity index (χ0n) is 15.0. The normalized spacial score (nSPS) is 14.8. The number of amides is 2. The Hall–Kier alpha value is -2.96. The number of likely N-dealkylation sites (tertiary alicyclic amines) is 1. The highest BCUT2D eigenvalue weighted by Crippen LogP contribution is 2.20. The van der Waals surface area contributed by atoms with Gasteiger partial charge in [-0.05, 0) is 43.0 Å². The molecular weight excluding hydrogens is 330 g/mol. The predicted molar refractivity (Wildman–Crippen MR) is 100 cm³/mol. The Bertz CT molecular complexity index is 800. The lowest BCUT2D eigenvalue weighted by Crippen LogP contribution is -2.38. The highest BCUT2D eigenvalue weighted by atomic mass is 16.2. The third kappa shape index (κ3) is 4.56. The first-order valence-corrected chi connectivity index (χ1v) is 8.78. The fraction of sp³-hybridized carbons (Fsp3) is 0.368. The monoisotopic (exact) mass is 353 g/mol. The second-order valence-corrected chi connectivity index (χ2v) is 6.63. The lowest BCUT2D eigenvalue weighted by Gasteiger charge is -2.30. The van der Waals surface area contributed by atoms with E-state index >= 15 is 0 Å². The molecule has 0 atom stereocenters. The summed E-state index contributed by atoms with van der Waals surface area (Å²) in [5, 5.41) is 5.81. The van der Waals surface area contributed by atoms with Gasteiger partial charge < -0.3 is 15.5 Å². The summed E-state index contributed by atoms with van der Waals surface area (Å²) in [5.41, 5.74) is 1.79. The van der Waals surface area contributed by atoms with E-state index in [9.17, 15) is 9.59 Å². The Morgan fingerprint density at radius 3 is 2.62 bits per heavy atom. The number of hydrogen-bond donors (Lipinski definition) is 2. The standard InChI is InChI=1S/C19H23N5O2/c1-13-7-10-24(11-8-13)18(26)17-6-9-20-19(23-17)22-16-5-3-4-15(12-16)21-14(2)25/h3-6,9,12-13H,7-8,10-11H2,1-2H3,(H,21,25)(H,20,22,23). The number of carbonyl (C=O) groups is 2. The molecule has 1 aliphatic rings. The molecule has 2 amide bonds. The summed E-state index contributed by atoms with van der Waals surface area (Å²) in [5.74, 6) is 0.815. The molecule has 1 aromatic heterocycles. The first-order chi connectivity index (χ1) is 12.5. The van der Waals surface area contributed by atoms with Gasteiger partial charge in [-0.15, -0.1) is 0 Å². The molecule has 7 nitrogen and oxygen atoms in total. The minimum absolute atomic E-state index is 0.0608. The Morgan fingerprint density at radius 1 is 1.15 bits per heavy atom. The van der Waals surface area contributed by atoms with E-state index in [0.29, 0.717) is 23.2 Å². The maximum Gasteiger partial charge on any atom is 0.272 e. The first-order valence-electron chi connectivity index (χ1n) is 8.78. The van der Waals surface area contributed by atoms with Gasteiger partial charge in [-0.1, -0.05) is 13.0 Å². The Kier molecular flexibility index (Phi) is 5.46. The van der Waals surface area contributed by atoms with E-state index in [1.165, 1.54) is 6.92 Å².